The molecule has 0 aliphatic rings. The van der Waals surface area contributed by atoms with E-state index in [-0.39, 0.29) is 12.0 Å². The van der Waals surface area contributed by atoms with E-state index in [1.54, 1.807) is 12.1 Å². The van der Waals surface area contributed by atoms with E-state index in [9.17, 15) is 4.79 Å². The van der Waals surface area contributed by atoms with Gasteiger partial charge in [0, 0.05) is 10.0 Å². The minimum atomic E-state index is -0.305. The lowest BCUT2D eigenvalue weighted by Gasteiger charge is -2.12. The topological polar surface area (TPSA) is 64.3 Å². The predicted molar refractivity (Wildman–Crippen MR) is 70.3 cm³/mol. The standard InChI is InChI=1S/C12H17BrN2O2/c1-3-8(2)17-7-10-5-4-9(6-11(10)13)12(16)15-14/h4-6,8H,3,7,14H2,1-2H3,(H,15,16). The number of benzene rings is 1. The zero-order valence-electron chi connectivity index (χ0n) is 10.00. The van der Waals surface area contributed by atoms with E-state index in [4.69, 9.17) is 10.6 Å². The van der Waals surface area contributed by atoms with Crippen LogP contribution in [-0.2, 0) is 11.3 Å². The molecule has 17 heavy (non-hydrogen) atoms. The number of nitrogens with one attached hydrogen (secondary N) is 1. The van der Waals surface area contributed by atoms with E-state index >= 15 is 0 Å². The van der Waals surface area contributed by atoms with Crippen molar-refractivity contribution in [3.63, 3.8) is 0 Å². The number of hydrogen-bond acceptors (Lipinski definition) is 3. The van der Waals surface area contributed by atoms with Crippen LogP contribution in [0.4, 0.5) is 0 Å². The van der Waals surface area contributed by atoms with Gasteiger partial charge < -0.3 is 4.74 Å². The van der Waals surface area contributed by atoms with Crippen molar-refractivity contribution in [3.8, 4) is 0 Å². The largest absolute Gasteiger partial charge is 0.374 e. The van der Waals surface area contributed by atoms with Crippen molar-refractivity contribution >= 4 is 21.8 Å². The average molecular weight is 301 g/mol. The molecule has 0 bridgehead atoms. The number of nitrogen functional groups attached to an aromatic ring is 1. The minimum Gasteiger partial charge on any atom is -0.374 e. The maximum absolute atomic E-state index is 11.3. The second-order valence-electron chi connectivity index (χ2n) is 3.81. The highest BCUT2D eigenvalue weighted by atomic mass is 79.9. The number of carbonyl (C=O) groups is 1. The maximum atomic E-state index is 11.3. The Morgan fingerprint density at radius 3 is 2.82 bits per heavy atom. The van der Waals surface area contributed by atoms with Gasteiger partial charge in [-0.05, 0) is 31.0 Å². The van der Waals surface area contributed by atoms with Gasteiger partial charge in [0.2, 0.25) is 0 Å². The molecule has 1 aromatic rings. The van der Waals surface area contributed by atoms with Gasteiger partial charge in [0.15, 0.2) is 0 Å². The van der Waals surface area contributed by atoms with Gasteiger partial charge in [-0.2, -0.15) is 0 Å². The molecule has 0 saturated carbocycles. The van der Waals surface area contributed by atoms with E-state index in [1.165, 1.54) is 0 Å². The Kier molecular flexibility index (Phi) is 5.61. The van der Waals surface area contributed by atoms with Crippen molar-refractivity contribution in [1.82, 2.24) is 5.43 Å². The van der Waals surface area contributed by atoms with E-state index in [0.29, 0.717) is 12.2 Å². The Labute approximate surface area is 110 Å². The fourth-order valence-corrected chi connectivity index (χ4v) is 1.73. The van der Waals surface area contributed by atoms with Crippen LogP contribution in [0.25, 0.3) is 0 Å². The van der Waals surface area contributed by atoms with Crippen LogP contribution in [0.1, 0.15) is 36.2 Å². The fourth-order valence-electron chi connectivity index (χ4n) is 1.24. The molecule has 0 fully saturated rings. The maximum Gasteiger partial charge on any atom is 0.265 e. The Balaban J connectivity index is 2.73. The highest BCUT2D eigenvalue weighted by Crippen LogP contribution is 2.20. The molecule has 0 aliphatic heterocycles. The summed E-state index contributed by atoms with van der Waals surface area (Å²) in [4.78, 5) is 11.3. The summed E-state index contributed by atoms with van der Waals surface area (Å²) in [6.45, 7) is 4.64. The second kappa shape index (κ2) is 6.74. The number of rotatable bonds is 5. The van der Waals surface area contributed by atoms with Crippen LogP contribution in [-0.4, -0.2) is 12.0 Å². The summed E-state index contributed by atoms with van der Waals surface area (Å²) in [5, 5.41) is 0. The molecule has 0 saturated heterocycles. The summed E-state index contributed by atoms with van der Waals surface area (Å²) < 4.78 is 6.48. The Hall–Kier alpha value is -0.910. The Morgan fingerprint density at radius 2 is 2.29 bits per heavy atom. The van der Waals surface area contributed by atoms with Gasteiger partial charge in [-0.3, -0.25) is 10.2 Å². The van der Waals surface area contributed by atoms with Gasteiger partial charge >= 0.3 is 0 Å². The number of halogens is 1. The van der Waals surface area contributed by atoms with Gasteiger partial charge in [0.05, 0.1) is 12.7 Å². The SMILES string of the molecule is CCC(C)OCc1ccc(C(=O)NN)cc1Br. The van der Waals surface area contributed by atoms with Crippen molar-refractivity contribution < 1.29 is 9.53 Å². The third-order valence-electron chi connectivity index (χ3n) is 2.54. The summed E-state index contributed by atoms with van der Waals surface area (Å²) in [5.41, 5.74) is 3.63. The van der Waals surface area contributed by atoms with Crippen molar-refractivity contribution in [2.24, 2.45) is 5.84 Å². The van der Waals surface area contributed by atoms with Gasteiger partial charge in [-0.15, -0.1) is 0 Å². The average Bonchev–Trinajstić information content (AvgIpc) is 2.35. The van der Waals surface area contributed by atoms with Gasteiger partial charge in [-0.1, -0.05) is 28.9 Å². The van der Waals surface area contributed by atoms with E-state index in [0.717, 1.165) is 16.5 Å². The molecule has 0 spiro atoms. The number of amides is 1. The lowest BCUT2D eigenvalue weighted by molar-refractivity contribution is 0.0505. The highest BCUT2D eigenvalue weighted by Gasteiger charge is 2.08. The van der Waals surface area contributed by atoms with Gasteiger partial charge in [0.1, 0.15) is 0 Å². The summed E-state index contributed by atoms with van der Waals surface area (Å²) in [6.07, 6.45) is 1.21. The van der Waals surface area contributed by atoms with Crippen LogP contribution in [0.3, 0.4) is 0 Å². The van der Waals surface area contributed by atoms with Crippen LogP contribution < -0.4 is 11.3 Å². The molecular formula is C12H17BrN2O2. The van der Waals surface area contributed by atoms with Crippen molar-refractivity contribution in [2.75, 3.05) is 0 Å². The molecule has 1 rings (SSSR count). The van der Waals surface area contributed by atoms with Crippen molar-refractivity contribution in [3.05, 3.63) is 33.8 Å². The molecule has 1 aromatic carbocycles. The first-order chi connectivity index (χ1) is 8.08. The van der Waals surface area contributed by atoms with E-state index in [1.807, 2.05) is 13.0 Å². The quantitative estimate of drug-likeness (QED) is 0.498. The van der Waals surface area contributed by atoms with Crippen LogP contribution in [0, 0.1) is 0 Å². The van der Waals surface area contributed by atoms with E-state index in [2.05, 4.69) is 28.3 Å². The number of hydrazine groups is 1. The van der Waals surface area contributed by atoms with Gasteiger partial charge in [0.25, 0.3) is 5.91 Å². The molecule has 5 heteroatoms. The normalized spacial score (nSPS) is 12.2. The molecule has 4 nitrogen and oxygen atoms in total. The third kappa shape index (κ3) is 4.11. The second-order valence-corrected chi connectivity index (χ2v) is 4.66. The first-order valence-corrected chi connectivity index (χ1v) is 6.28. The number of nitrogens with two attached hydrogens (primary N) is 1. The van der Waals surface area contributed by atoms with E-state index < -0.39 is 0 Å². The molecule has 94 valence electrons. The summed E-state index contributed by atoms with van der Waals surface area (Å²) in [5.74, 6) is 4.76. The minimum absolute atomic E-state index is 0.230. The summed E-state index contributed by atoms with van der Waals surface area (Å²) >= 11 is 3.42. The molecule has 0 radical (unpaired) electrons. The van der Waals surface area contributed by atoms with Crippen molar-refractivity contribution in [2.45, 2.75) is 33.0 Å². The monoisotopic (exact) mass is 300 g/mol. The summed E-state index contributed by atoms with van der Waals surface area (Å²) in [6, 6.07) is 5.32. The highest BCUT2D eigenvalue weighted by molar-refractivity contribution is 9.10. The smallest absolute Gasteiger partial charge is 0.265 e. The Bertz CT molecular complexity index is 396. The first kappa shape index (κ1) is 14.2. The number of carbonyl (C=O) groups excluding carboxylic acids is 1. The molecule has 3 N–H and O–H groups in total. The molecule has 0 heterocycles. The molecule has 0 aliphatic carbocycles. The zero-order valence-corrected chi connectivity index (χ0v) is 11.6. The third-order valence-corrected chi connectivity index (χ3v) is 3.28. The number of ether oxygens (including phenoxy) is 1. The van der Waals surface area contributed by atoms with Crippen LogP contribution in [0.15, 0.2) is 22.7 Å². The van der Waals surface area contributed by atoms with Gasteiger partial charge in [-0.25, -0.2) is 5.84 Å². The lowest BCUT2D eigenvalue weighted by atomic mass is 10.1. The lowest BCUT2D eigenvalue weighted by Crippen LogP contribution is -2.29. The van der Waals surface area contributed by atoms with Crippen LogP contribution in [0.2, 0.25) is 0 Å². The molecular weight excluding hydrogens is 284 g/mol. The fraction of sp³-hybridized carbons (Fsp3) is 0.417. The molecule has 1 amide bonds. The van der Waals surface area contributed by atoms with Crippen LogP contribution in [0.5, 0.6) is 0 Å². The Morgan fingerprint density at radius 1 is 1.59 bits per heavy atom. The first-order valence-electron chi connectivity index (χ1n) is 5.49. The molecule has 1 unspecified atom stereocenters. The number of hydrogen-bond donors (Lipinski definition) is 2. The zero-order chi connectivity index (χ0) is 12.8. The van der Waals surface area contributed by atoms with Crippen molar-refractivity contribution in [1.29, 1.82) is 0 Å². The molecule has 1 atom stereocenters. The molecule has 0 aromatic heterocycles. The summed E-state index contributed by atoms with van der Waals surface area (Å²) in [7, 11) is 0. The predicted octanol–water partition coefficient (Wildman–Crippen LogP) is 2.37. The van der Waals surface area contributed by atoms with Crippen LogP contribution >= 0.6 is 15.9 Å².